The van der Waals surface area contributed by atoms with Crippen LogP contribution in [0.25, 0.3) is 0 Å². The highest BCUT2D eigenvalue weighted by atomic mass is 79.9. The summed E-state index contributed by atoms with van der Waals surface area (Å²) in [7, 11) is 1.60. The van der Waals surface area contributed by atoms with Crippen molar-refractivity contribution in [1.82, 2.24) is 5.32 Å². The number of alkyl halides is 1. The van der Waals surface area contributed by atoms with Crippen molar-refractivity contribution >= 4 is 21.8 Å². The van der Waals surface area contributed by atoms with Gasteiger partial charge in [-0.15, -0.1) is 0 Å². The molecule has 0 unspecified atom stereocenters. The van der Waals surface area contributed by atoms with Gasteiger partial charge in [0, 0.05) is 12.1 Å². The zero-order chi connectivity index (χ0) is 12.7. The summed E-state index contributed by atoms with van der Waals surface area (Å²) in [5.74, 6) is 1.31. The van der Waals surface area contributed by atoms with E-state index in [1.54, 1.807) is 7.11 Å². The summed E-state index contributed by atoms with van der Waals surface area (Å²) in [5.41, 5.74) is 0.903. The maximum absolute atomic E-state index is 11.2. The van der Waals surface area contributed by atoms with Crippen molar-refractivity contribution in [3.8, 4) is 11.5 Å². The minimum atomic E-state index is -0.0599. The van der Waals surface area contributed by atoms with Crippen LogP contribution in [0.5, 0.6) is 11.5 Å². The first kappa shape index (κ1) is 13.8. The van der Waals surface area contributed by atoms with E-state index in [4.69, 9.17) is 9.47 Å². The van der Waals surface area contributed by atoms with Crippen LogP contribution in [0.15, 0.2) is 18.2 Å². The van der Waals surface area contributed by atoms with E-state index in [2.05, 4.69) is 21.2 Å². The lowest BCUT2D eigenvalue weighted by Crippen LogP contribution is -2.23. The zero-order valence-electron chi connectivity index (χ0n) is 9.96. The van der Waals surface area contributed by atoms with Gasteiger partial charge >= 0.3 is 0 Å². The van der Waals surface area contributed by atoms with Crippen LogP contribution >= 0.6 is 15.9 Å². The molecule has 4 nitrogen and oxygen atoms in total. The minimum Gasteiger partial charge on any atom is -0.493 e. The average molecular weight is 302 g/mol. The van der Waals surface area contributed by atoms with Crippen LogP contribution in [0.1, 0.15) is 12.5 Å². The summed E-state index contributed by atoms with van der Waals surface area (Å²) in [6, 6.07) is 5.61. The molecule has 0 radical (unpaired) electrons. The van der Waals surface area contributed by atoms with Gasteiger partial charge in [0.2, 0.25) is 5.91 Å². The quantitative estimate of drug-likeness (QED) is 0.819. The highest BCUT2D eigenvalue weighted by molar-refractivity contribution is 9.09. The maximum atomic E-state index is 11.2. The van der Waals surface area contributed by atoms with Gasteiger partial charge in [0.25, 0.3) is 0 Å². The predicted molar refractivity (Wildman–Crippen MR) is 69.8 cm³/mol. The predicted octanol–water partition coefficient (Wildman–Crippen LogP) is 2.10. The van der Waals surface area contributed by atoms with Gasteiger partial charge in [-0.05, 0) is 13.0 Å². The Morgan fingerprint density at radius 1 is 1.47 bits per heavy atom. The molecule has 1 amide bonds. The molecule has 0 bridgehead atoms. The average Bonchev–Trinajstić information content (AvgIpc) is 2.37. The van der Waals surface area contributed by atoms with Gasteiger partial charge in [0.05, 0.1) is 19.0 Å². The van der Waals surface area contributed by atoms with Gasteiger partial charge in [-0.3, -0.25) is 4.79 Å². The van der Waals surface area contributed by atoms with Gasteiger partial charge in [-0.25, -0.2) is 0 Å². The Balaban J connectivity index is 2.85. The Morgan fingerprint density at radius 3 is 2.82 bits per heavy atom. The molecular weight excluding hydrogens is 286 g/mol. The van der Waals surface area contributed by atoms with E-state index in [-0.39, 0.29) is 5.91 Å². The molecule has 94 valence electrons. The van der Waals surface area contributed by atoms with E-state index >= 15 is 0 Å². The number of hydrogen-bond donors (Lipinski definition) is 1. The van der Waals surface area contributed by atoms with Crippen molar-refractivity contribution in [2.24, 2.45) is 0 Å². The molecule has 1 aromatic carbocycles. The fourth-order valence-electron chi connectivity index (χ4n) is 1.41. The molecule has 1 N–H and O–H groups in total. The first-order valence-corrected chi connectivity index (χ1v) is 6.46. The first-order valence-electron chi connectivity index (χ1n) is 5.34. The third-order valence-electron chi connectivity index (χ3n) is 2.17. The number of nitrogens with one attached hydrogen (secondary N) is 1. The summed E-state index contributed by atoms with van der Waals surface area (Å²) in [5, 5.41) is 3.07. The van der Waals surface area contributed by atoms with Crippen LogP contribution in [-0.2, 0) is 11.3 Å². The molecule has 17 heavy (non-hydrogen) atoms. The van der Waals surface area contributed by atoms with E-state index < -0.39 is 0 Å². The summed E-state index contributed by atoms with van der Waals surface area (Å²) in [6.45, 7) is 2.89. The topological polar surface area (TPSA) is 47.6 Å². The lowest BCUT2D eigenvalue weighted by molar-refractivity contribution is -0.118. The lowest BCUT2D eigenvalue weighted by atomic mass is 10.2. The van der Waals surface area contributed by atoms with E-state index in [9.17, 15) is 4.79 Å². The van der Waals surface area contributed by atoms with E-state index in [0.29, 0.717) is 30.0 Å². The van der Waals surface area contributed by atoms with Gasteiger partial charge < -0.3 is 14.8 Å². The molecule has 0 aromatic heterocycles. The number of benzene rings is 1. The number of hydrogen-bond acceptors (Lipinski definition) is 3. The summed E-state index contributed by atoms with van der Waals surface area (Å²) < 4.78 is 10.8. The van der Waals surface area contributed by atoms with Crippen molar-refractivity contribution in [3.63, 3.8) is 0 Å². The normalized spacial score (nSPS) is 9.82. The molecule has 0 heterocycles. The van der Waals surface area contributed by atoms with E-state index in [1.807, 2.05) is 25.1 Å². The number of carbonyl (C=O) groups excluding carboxylic acids is 1. The van der Waals surface area contributed by atoms with Gasteiger partial charge in [0.1, 0.15) is 0 Å². The number of para-hydroxylation sites is 1. The van der Waals surface area contributed by atoms with E-state index in [1.165, 1.54) is 0 Å². The third kappa shape index (κ3) is 3.93. The van der Waals surface area contributed by atoms with Crippen molar-refractivity contribution in [1.29, 1.82) is 0 Å². The molecule has 1 rings (SSSR count). The van der Waals surface area contributed by atoms with Crippen molar-refractivity contribution < 1.29 is 14.3 Å². The molecule has 0 spiro atoms. The summed E-state index contributed by atoms with van der Waals surface area (Å²) in [4.78, 5) is 11.2. The number of halogens is 1. The largest absolute Gasteiger partial charge is 0.493 e. The fraction of sp³-hybridized carbons (Fsp3) is 0.417. The second kappa shape index (κ2) is 7.17. The third-order valence-corrected chi connectivity index (χ3v) is 2.68. The molecule has 0 saturated carbocycles. The molecule has 0 atom stereocenters. The van der Waals surface area contributed by atoms with Crippen LogP contribution in [-0.4, -0.2) is 25.0 Å². The molecule has 0 aliphatic carbocycles. The van der Waals surface area contributed by atoms with Crippen LogP contribution < -0.4 is 14.8 Å². The van der Waals surface area contributed by atoms with Crippen molar-refractivity contribution in [2.75, 3.05) is 19.0 Å². The Labute approximate surface area is 109 Å². The van der Waals surface area contributed by atoms with Crippen molar-refractivity contribution in [3.05, 3.63) is 23.8 Å². The second-order valence-electron chi connectivity index (χ2n) is 3.29. The molecular formula is C12H16BrNO3. The molecule has 0 fully saturated rings. The minimum absolute atomic E-state index is 0.0599. The molecule has 1 aromatic rings. The SMILES string of the molecule is CCOc1c(CNC(=O)CBr)cccc1OC. The zero-order valence-corrected chi connectivity index (χ0v) is 11.5. The number of carbonyl (C=O) groups is 1. The standard InChI is InChI=1S/C12H16BrNO3/c1-3-17-12-9(8-14-11(15)7-13)5-4-6-10(12)16-2/h4-6H,3,7-8H2,1-2H3,(H,14,15). The number of rotatable bonds is 6. The fourth-order valence-corrected chi connectivity index (χ4v) is 1.61. The Kier molecular flexibility index (Phi) is 5.83. The Morgan fingerprint density at radius 2 is 2.24 bits per heavy atom. The van der Waals surface area contributed by atoms with E-state index in [0.717, 1.165) is 5.56 Å². The molecule has 0 aliphatic rings. The Hall–Kier alpha value is -1.23. The maximum Gasteiger partial charge on any atom is 0.230 e. The first-order chi connectivity index (χ1) is 8.22. The van der Waals surface area contributed by atoms with Crippen molar-refractivity contribution in [2.45, 2.75) is 13.5 Å². The summed E-state index contributed by atoms with van der Waals surface area (Å²) in [6.07, 6.45) is 0. The van der Waals surface area contributed by atoms with Crippen LogP contribution in [0.4, 0.5) is 0 Å². The lowest BCUT2D eigenvalue weighted by Gasteiger charge is -2.14. The van der Waals surface area contributed by atoms with Gasteiger partial charge in [-0.1, -0.05) is 28.1 Å². The van der Waals surface area contributed by atoms with Crippen LogP contribution in [0.3, 0.4) is 0 Å². The van der Waals surface area contributed by atoms with Crippen LogP contribution in [0.2, 0.25) is 0 Å². The number of methoxy groups -OCH3 is 1. The van der Waals surface area contributed by atoms with Gasteiger partial charge in [-0.2, -0.15) is 0 Å². The molecule has 0 saturated heterocycles. The highest BCUT2D eigenvalue weighted by Crippen LogP contribution is 2.30. The van der Waals surface area contributed by atoms with Gasteiger partial charge in [0.15, 0.2) is 11.5 Å². The Bertz CT molecular complexity index is 382. The number of amides is 1. The number of ether oxygens (including phenoxy) is 2. The highest BCUT2D eigenvalue weighted by Gasteiger charge is 2.10. The monoisotopic (exact) mass is 301 g/mol. The van der Waals surface area contributed by atoms with Crippen LogP contribution in [0, 0.1) is 0 Å². The summed E-state index contributed by atoms with van der Waals surface area (Å²) >= 11 is 3.10. The molecule has 0 aliphatic heterocycles. The molecule has 5 heteroatoms. The second-order valence-corrected chi connectivity index (χ2v) is 3.85. The smallest absolute Gasteiger partial charge is 0.230 e.